The lowest BCUT2D eigenvalue weighted by molar-refractivity contribution is 0.0365. The van der Waals surface area contributed by atoms with E-state index in [-0.39, 0.29) is 0 Å². The van der Waals surface area contributed by atoms with Crippen LogP contribution in [0.25, 0.3) is 0 Å². The van der Waals surface area contributed by atoms with Crippen LogP contribution in [0.15, 0.2) is 73.9 Å². The van der Waals surface area contributed by atoms with E-state index in [1.807, 2.05) is 0 Å². The van der Waals surface area contributed by atoms with Crippen molar-refractivity contribution < 1.29 is 19.1 Å². The molecule has 4 heteroatoms. The standard InChI is InChI=1S/C22H26O4/c1-7-9-19(15(3)4)25-21(23)17-11-13-18(14-12-17)22(24)26-20(10-8-2)16(5)6/h7-8,11-14,19-20H,1-3,5,9-10H2,4,6H3. The highest BCUT2D eigenvalue weighted by molar-refractivity contribution is 5.93. The maximum absolute atomic E-state index is 12.2. The molecular weight excluding hydrogens is 328 g/mol. The van der Waals surface area contributed by atoms with Crippen LogP contribution < -0.4 is 0 Å². The van der Waals surface area contributed by atoms with E-state index in [9.17, 15) is 9.59 Å². The van der Waals surface area contributed by atoms with E-state index in [4.69, 9.17) is 9.47 Å². The van der Waals surface area contributed by atoms with Crippen molar-refractivity contribution in [3.8, 4) is 0 Å². The molecule has 2 atom stereocenters. The van der Waals surface area contributed by atoms with Gasteiger partial charge < -0.3 is 9.47 Å². The zero-order valence-corrected chi connectivity index (χ0v) is 15.5. The number of esters is 2. The summed E-state index contributed by atoms with van der Waals surface area (Å²) < 4.78 is 10.8. The largest absolute Gasteiger partial charge is 0.454 e. The Kier molecular flexibility index (Phi) is 8.29. The van der Waals surface area contributed by atoms with Gasteiger partial charge in [-0.2, -0.15) is 0 Å². The molecule has 1 aromatic carbocycles. The molecule has 0 radical (unpaired) electrons. The summed E-state index contributed by atoms with van der Waals surface area (Å²) in [4.78, 5) is 24.5. The Morgan fingerprint density at radius 3 is 1.38 bits per heavy atom. The van der Waals surface area contributed by atoms with E-state index >= 15 is 0 Å². The number of hydrogen-bond acceptors (Lipinski definition) is 4. The van der Waals surface area contributed by atoms with Crippen molar-refractivity contribution in [2.75, 3.05) is 0 Å². The summed E-state index contributed by atoms with van der Waals surface area (Å²) in [5.74, 6) is -0.961. The predicted octanol–water partition coefficient (Wildman–Crippen LogP) is 5.04. The van der Waals surface area contributed by atoms with Crippen LogP contribution in [-0.4, -0.2) is 24.1 Å². The SMILES string of the molecule is C=CCC(OC(=O)c1ccc(C(=O)OC(CC=C)C(=C)C)cc1)C(=C)C. The lowest BCUT2D eigenvalue weighted by Crippen LogP contribution is -2.19. The van der Waals surface area contributed by atoms with Crippen molar-refractivity contribution in [2.45, 2.75) is 38.9 Å². The molecule has 0 N–H and O–H groups in total. The summed E-state index contributed by atoms with van der Waals surface area (Å²) in [5, 5.41) is 0. The van der Waals surface area contributed by atoms with Gasteiger partial charge in [-0.3, -0.25) is 0 Å². The van der Waals surface area contributed by atoms with Crippen LogP contribution in [0.5, 0.6) is 0 Å². The van der Waals surface area contributed by atoms with Crippen LogP contribution in [0, 0.1) is 0 Å². The second kappa shape index (κ2) is 10.2. The number of benzene rings is 1. The third-order valence-electron chi connectivity index (χ3n) is 3.72. The van der Waals surface area contributed by atoms with Gasteiger partial charge in [0.1, 0.15) is 12.2 Å². The maximum Gasteiger partial charge on any atom is 0.338 e. The molecule has 0 bridgehead atoms. The van der Waals surface area contributed by atoms with Crippen LogP contribution in [0.3, 0.4) is 0 Å². The third kappa shape index (κ3) is 6.20. The van der Waals surface area contributed by atoms with Gasteiger partial charge in [-0.1, -0.05) is 25.3 Å². The Balaban J connectivity index is 2.81. The highest BCUT2D eigenvalue weighted by Gasteiger charge is 2.18. The molecule has 0 heterocycles. The third-order valence-corrected chi connectivity index (χ3v) is 3.72. The van der Waals surface area contributed by atoms with Gasteiger partial charge >= 0.3 is 11.9 Å². The molecule has 0 aliphatic carbocycles. The molecule has 1 rings (SSSR count). The van der Waals surface area contributed by atoms with E-state index in [0.717, 1.165) is 11.1 Å². The van der Waals surface area contributed by atoms with Gasteiger partial charge in [-0.15, -0.1) is 13.2 Å². The average Bonchev–Trinajstić information content (AvgIpc) is 2.60. The van der Waals surface area contributed by atoms with Gasteiger partial charge in [0, 0.05) is 12.8 Å². The molecule has 0 aromatic heterocycles. The molecule has 0 spiro atoms. The fourth-order valence-electron chi connectivity index (χ4n) is 2.14. The second-order valence-electron chi connectivity index (χ2n) is 6.11. The quantitative estimate of drug-likeness (QED) is 0.436. The Hall–Kier alpha value is -2.88. The normalized spacial score (nSPS) is 12.4. The Morgan fingerprint density at radius 1 is 0.846 bits per heavy atom. The number of carbonyl (C=O) groups excluding carboxylic acids is 2. The minimum absolute atomic E-state index is 0.347. The highest BCUT2D eigenvalue weighted by Crippen LogP contribution is 2.16. The van der Waals surface area contributed by atoms with E-state index in [0.29, 0.717) is 24.0 Å². The first kappa shape index (κ1) is 21.2. The summed E-state index contributed by atoms with van der Waals surface area (Å²) in [6.07, 6.45) is 3.51. The summed E-state index contributed by atoms with van der Waals surface area (Å²) in [6, 6.07) is 6.13. The van der Waals surface area contributed by atoms with Crippen molar-refractivity contribution >= 4 is 11.9 Å². The van der Waals surface area contributed by atoms with Gasteiger partial charge in [0.2, 0.25) is 0 Å². The highest BCUT2D eigenvalue weighted by atomic mass is 16.5. The molecule has 0 amide bonds. The first-order valence-corrected chi connectivity index (χ1v) is 8.34. The first-order valence-electron chi connectivity index (χ1n) is 8.34. The number of ether oxygens (including phenoxy) is 2. The minimum atomic E-state index is -0.480. The number of rotatable bonds is 10. The Bertz CT molecular complexity index is 636. The fourth-order valence-corrected chi connectivity index (χ4v) is 2.14. The van der Waals surface area contributed by atoms with E-state index in [2.05, 4.69) is 26.3 Å². The van der Waals surface area contributed by atoms with Crippen LogP contribution in [0.1, 0.15) is 47.4 Å². The smallest absolute Gasteiger partial charge is 0.338 e. The van der Waals surface area contributed by atoms with Gasteiger partial charge in [0.15, 0.2) is 0 Å². The number of carbonyl (C=O) groups is 2. The topological polar surface area (TPSA) is 52.6 Å². The molecule has 0 aliphatic heterocycles. The van der Waals surface area contributed by atoms with Crippen LogP contribution >= 0.6 is 0 Å². The van der Waals surface area contributed by atoms with E-state index < -0.39 is 24.1 Å². The minimum Gasteiger partial charge on any atom is -0.454 e. The maximum atomic E-state index is 12.2. The number of hydrogen-bond donors (Lipinski definition) is 0. The van der Waals surface area contributed by atoms with Gasteiger partial charge in [-0.05, 0) is 49.3 Å². The molecule has 26 heavy (non-hydrogen) atoms. The lowest BCUT2D eigenvalue weighted by Gasteiger charge is -2.17. The first-order chi connectivity index (χ1) is 12.3. The predicted molar refractivity (Wildman–Crippen MR) is 104 cm³/mol. The van der Waals surface area contributed by atoms with E-state index in [1.54, 1.807) is 26.0 Å². The van der Waals surface area contributed by atoms with Crippen LogP contribution in [0.2, 0.25) is 0 Å². The van der Waals surface area contributed by atoms with Crippen molar-refractivity contribution in [3.63, 3.8) is 0 Å². The van der Waals surface area contributed by atoms with Crippen LogP contribution in [-0.2, 0) is 9.47 Å². The second-order valence-corrected chi connectivity index (χ2v) is 6.11. The molecule has 2 unspecified atom stereocenters. The summed E-state index contributed by atoms with van der Waals surface area (Å²) in [7, 11) is 0. The molecule has 0 fully saturated rings. The molecule has 1 aromatic rings. The van der Waals surface area contributed by atoms with Crippen molar-refractivity contribution in [1.29, 1.82) is 0 Å². The fraction of sp³-hybridized carbons (Fsp3) is 0.273. The lowest BCUT2D eigenvalue weighted by atomic mass is 10.1. The molecule has 0 saturated carbocycles. The van der Waals surface area contributed by atoms with Crippen molar-refractivity contribution in [3.05, 3.63) is 85.0 Å². The Labute approximate surface area is 155 Å². The molecule has 0 aliphatic rings. The Morgan fingerprint density at radius 2 is 1.15 bits per heavy atom. The van der Waals surface area contributed by atoms with Crippen molar-refractivity contribution in [1.82, 2.24) is 0 Å². The summed E-state index contributed by atoms with van der Waals surface area (Å²) in [5.41, 5.74) is 2.18. The zero-order chi connectivity index (χ0) is 19.7. The van der Waals surface area contributed by atoms with Gasteiger partial charge in [0.05, 0.1) is 11.1 Å². The monoisotopic (exact) mass is 354 g/mol. The van der Waals surface area contributed by atoms with Crippen molar-refractivity contribution in [2.24, 2.45) is 0 Å². The molecule has 0 saturated heterocycles. The molecule has 4 nitrogen and oxygen atoms in total. The van der Waals surface area contributed by atoms with E-state index in [1.165, 1.54) is 24.3 Å². The van der Waals surface area contributed by atoms with Crippen LogP contribution in [0.4, 0.5) is 0 Å². The molecular formula is C22H26O4. The average molecular weight is 354 g/mol. The zero-order valence-electron chi connectivity index (χ0n) is 15.5. The summed E-state index contributed by atoms with van der Waals surface area (Å²) >= 11 is 0. The van der Waals surface area contributed by atoms with Gasteiger partial charge in [0.25, 0.3) is 0 Å². The molecule has 138 valence electrons. The van der Waals surface area contributed by atoms with Gasteiger partial charge in [-0.25, -0.2) is 9.59 Å². The summed E-state index contributed by atoms with van der Waals surface area (Å²) in [6.45, 7) is 18.5.